The molecule has 0 aliphatic heterocycles. The second kappa shape index (κ2) is 5.88. The van der Waals surface area contributed by atoms with Crippen LogP contribution < -0.4 is 5.32 Å². The van der Waals surface area contributed by atoms with E-state index in [9.17, 15) is 13.2 Å². The lowest BCUT2D eigenvalue weighted by molar-refractivity contribution is -0.141. The molecule has 2 rings (SSSR count). The third-order valence-corrected chi connectivity index (χ3v) is 4.28. The van der Waals surface area contributed by atoms with Crippen LogP contribution in [0.15, 0.2) is 18.5 Å². The zero-order valence-corrected chi connectivity index (χ0v) is 12.6. The monoisotopic (exact) mass is 340 g/mol. The van der Waals surface area contributed by atoms with E-state index in [4.69, 9.17) is 23.2 Å². The zero-order chi connectivity index (χ0) is 15.7. The van der Waals surface area contributed by atoms with Gasteiger partial charge in [0.2, 0.25) is 0 Å². The van der Waals surface area contributed by atoms with Gasteiger partial charge in [-0.3, -0.25) is 0 Å². The van der Waals surface area contributed by atoms with Crippen LogP contribution in [-0.2, 0) is 6.18 Å². The molecule has 21 heavy (non-hydrogen) atoms. The van der Waals surface area contributed by atoms with Gasteiger partial charge in [0.1, 0.15) is 5.52 Å². The standard InChI is InChI=1S/C12H13Cl2F3N4/c1-2-11(6-13,7-14)19-10-8-5-9(12(15,16)17)20-21(8)4-3-18-10/h3-5H,2,6-7H2,1H3,(H,18,19). The summed E-state index contributed by atoms with van der Waals surface area (Å²) in [7, 11) is 0. The second-order valence-corrected chi connectivity index (χ2v) is 5.19. The molecule has 2 heterocycles. The van der Waals surface area contributed by atoms with E-state index in [-0.39, 0.29) is 23.1 Å². The highest BCUT2D eigenvalue weighted by atomic mass is 35.5. The summed E-state index contributed by atoms with van der Waals surface area (Å²) in [5, 5.41) is 6.54. The van der Waals surface area contributed by atoms with Crippen LogP contribution in [0.3, 0.4) is 0 Å². The Morgan fingerprint density at radius 2 is 1.95 bits per heavy atom. The number of hydrogen-bond donors (Lipinski definition) is 1. The molecule has 0 bridgehead atoms. The van der Waals surface area contributed by atoms with Crippen molar-refractivity contribution < 1.29 is 13.2 Å². The number of fused-ring (bicyclic) bond motifs is 1. The van der Waals surface area contributed by atoms with E-state index in [2.05, 4.69) is 15.4 Å². The van der Waals surface area contributed by atoms with Gasteiger partial charge in [-0.2, -0.15) is 18.3 Å². The van der Waals surface area contributed by atoms with Crippen LogP contribution in [-0.4, -0.2) is 31.9 Å². The molecule has 0 amide bonds. The van der Waals surface area contributed by atoms with E-state index < -0.39 is 17.4 Å². The molecule has 1 N–H and O–H groups in total. The number of hydrogen-bond acceptors (Lipinski definition) is 3. The molecule has 0 saturated heterocycles. The fourth-order valence-electron chi connectivity index (χ4n) is 1.79. The quantitative estimate of drug-likeness (QED) is 0.842. The fraction of sp³-hybridized carbons (Fsp3) is 0.500. The maximum Gasteiger partial charge on any atom is 0.435 e. The molecule has 0 aliphatic carbocycles. The summed E-state index contributed by atoms with van der Waals surface area (Å²) < 4.78 is 39.3. The minimum Gasteiger partial charge on any atom is -0.360 e. The first kappa shape index (κ1) is 16.2. The van der Waals surface area contributed by atoms with Gasteiger partial charge in [0.25, 0.3) is 0 Å². The lowest BCUT2D eigenvalue weighted by Crippen LogP contribution is -2.42. The number of nitrogens with one attached hydrogen (secondary N) is 1. The van der Waals surface area contributed by atoms with Gasteiger partial charge < -0.3 is 5.32 Å². The fourth-order valence-corrected chi connectivity index (χ4v) is 2.59. The maximum absolute atomic E-state index is 12.7. The van der Waals surface area contributed by atoms with Crippen molar-refractivity contribution in [1.82, 2.24) is 14.6 Å². The first-order valence-corrected chi connectivity index (χ1v) is 7.24. The van der Waals surface area contributed by atoms with Crippen LogP contribution >= 0.6 is 23.2 Å². The molecule has 0 radical (unpaired) electrons. The van der Waals surface area contributed by atoms with Crippen molar-refractivity contribution >= 4 is 34.5 Å². The Bertz CT molecular complexity index is 614. The Morgan fingerprint density at radius 1 is 1.29 bits per heavy atom. The third-order valence-electron chi connectivity index (χ3n) is 3.25. The van der Waals surface area contributed by atoms with E-state index in [1.807, 2.05) is 6.92 Å². The summed E-state index contributed by atoms with van der Waals surface area (Å²) in [5.74, 6) is 0.676. The van der Waals surface area contributed by atoms with Crippen LogP contribution in [0.2, 0.25) is 0 Å². The lowest BCUT2D eigenvalue weighted by atomic mass is 10.0. The molecule has 4 nitrogen and oxygen atoms in total. The highest BCUT2D eigenvalue weighted by molar-refractivity contribution is 6.22. The van der Waals surface area contributed by atoms with E-state index in [1.54, 1.807) is 0 Å². The summed E-state index contributed by atoms with van der Waals surface area (Å²) in [6.07, 6.45) is -1.19. The number of halogens is 5. The molecule has 2 aromatic rings. The molecular formula is C12H13Cl2F3N4. The van der Waals surface area contributed by atoms with Crippen molar-refractivity contribution in [2.24, 2.45) is 0 Å². The van der Waals surface area contributed by atoms with Crippen LogP contribution in [0.5, 0.6) is 0 Å². The molecule has 9 heteroatoms. The van der Waals surface area contributed by atoms with Crippen molar-refractivity contribution in [2.75, 3.05) is 17.1 Å². The van der Waals surface area contributed by atoms with Crippen LogP contribution in [0.1, 0.15) is 19.0 Å². The Labute approximate surface area is 129 Å². The van der Waals surface area contributed by atoms with Crippen molar-refractivity contribution in [3.63, 3.8) is 0 Å². The molecule has 0 aliphatic rings. The number of nitrogens with zero attached hydrogens (tertiary/aromatic N) is 3. The van der Waals surface area contributed by atoms with Crippen LogP contribution in [0.4, 0.5) is 19.0 Å². The highest BCUT2D eigenvalue weighted by Crippen LogP contribution is 2.31. The molecule has 0 saturated carbocycles. The molecule has 116 valence electrons. The summed E-state index contributed by atoms with van der Waals surface area (Å²) in [6, 6.07) is 0.943. The number of rotatable bonds is 5. The number of aromatic nitrogens is 3. The smallest absolute Gasteiger partial charge is 0.360 e. The van der Waals surface area contributed by atoms with Gasteiger partial charge in [0.05, 0.1) is 5.54 Å². The first-order valence-electron chi connectivity index (χ1n) is 6.17. The predicted octanol–water partition coefficient (Wildman–Crippen LogP) is 3.79. The Morgan fingerprint density at radius 3 is 2.48 bits per heavy atom. The zero-order valence-electron chi connectivity index (χ0n) is 11.1. The van der Waals surface area contributed by atoms with Crippen molar-refractivity contribution in [2.45, 2.75) is 25.1 Å². The van der Waals surface area contributed by atoms with Gasteiger partial charge in [-0.15, -0.1) is 23.2 Å². The third kappa shape index (κ3) is 3.18. The van der Waals surface area contributed by atoms with Gasteiger partial charge in [-0.1, -0.05) is 6.92 Å². The summed E-state index contributed by atoms with van der Waals surface area (Å²) >= 11 is 11.9. The SMILES string of the molecule is CCC(CCl)(CCl)Nc1nccn2nc(C(F)(F)F)cc12. The van der Waals surface area contributed by atoms with Crippen LogP contribution in [0, 0.1) is 0 Å². The van der Waals surface area contributed by atoms with Crippen LogP contribution in [0.25, 0.3) is 5.52 Å². The lowest BCUT2D eigenvalue weighted by Gasteiger charge is -2.30. The van der Waals surface area contributed by atoms with Gasteiger partial charge in [-0.05, 0) is 6.42 Å². The van der Waals surface area contributed by atoms with Crippen molar-refractivity contribution in [3.05, 3.63) is 24.2 Å². The highest BCUT2D eigenvalue weighted by Gasteiger charge is 2.35. The Kier molecular flexibility index (Phi) is 4.53. The minimum absolute atomic E-state index is 0.204. The molecule has 0 unspecified atom stereocenters. The molecule has 2 aromatic heterocycles. The molecule has 0 aromatic carbocycles. The molecule has 0 fully saturated rings. The maximum atomic E-state index is 12.7. The van der Waals surface area contributed by atoms with E-state index in [0.717, 1.165) is 10.6 Å². The van der Waals surface area contributed by atoms with Gasteiger partial charge in [0, 0.05) is 30.2 Å². The second-order valence-electron chi connectivity index (χ2n) is 4.66. The van der Waals surface area contributed by atoms with E-state index in [1.165, 1.54) is 12.4 Å². The first-order chi connectivity index (χ1) is 9.85. The summed E-state index contributed by atoms with van der Waals surface area (Å²) in [4.78, 5) is 4.07. The summed E-state index contributed by atoms with van der Waals surface area (Å²) in [5.41, 5.74) is -1.39. The largest absolute Gasteiger partial charge is 0.435 e. The van der Waals surface area contributed by atoms with E-state index in [0.29, 0.717) is 6.42 Å². The molecule has 0 atom stereocenters. The Hall–Kier alpha value is -1.21. The average Bonchev–Trinajstić information content (AvgIpc) is 2.90. The van der Waals surface area contributed by atoms with Gasteiger partial charge in [-0.25, -0.2) is 9.50 Å². The van der Waals surface area contributed by atoms with Crippen molar-refractivity contribution in [1.29, 1.82) is 0 Å². The van der Waals surface area contributed by atoms with E-state index >= 15 is 0 Å². The number of anilines is 1. The topological polar surface area (TPSA) is 42.2 Å². The molecule has 0 spiro atoms. The summed E-state index contributed by atoms with van der Waals surface area (Å²) in [6.45, 7) is 1.88. The van der Waals surface area contributed by atoms with Gasteiger partial charge >= 0.3 is 6.18 Å². The minimum atomic E-state index is -4.51. The molecular weight excluding hydrogens is 328 g/mol. The normalized spacial score (nSPS) is 12.9. The predicted molar refractivity (Wildman–Crippen MR) is 76.1 cm³/mol. The Balaban J connectivity index is 2.47. The average molecular weight is 341 g/mol. The van der Waals surface area contributed by atoms with Crippen molar-refractivity contribution in [3.8, 4) is 0 Å². The van der Waals surface area contributed by atoms with Gasteiger partial charge in [0.15, 0.2) is 11.5 Å². The number of alkyl halides is 5.